The highest BCUT2D eigenvalue weighted by molar-refractivity contribution is 5.36. The van der Waals surface area contributed by atoms with E-state index >= 15 is 0 Å². The molecule has 1 heterocycles. The maximum Gasteiger partial charge on any atom is 0.121 e. The van der Waals surface area contributed by atoms with Gasteiger partial charge >= 0.3 is 0 Å². The number of nitrogens with one attached hydrogen (secondary N) is 1. The molecule has 0 unspecified atom stereocenters. The summed E-state index contributed by atoms with van der Waals surface area (Å²) < 4.78 is 10.5. The fourth-order valence-corrected chi connectivity index (χ4v) is 2.21. The summed E-state index contributed by atoms with van der Waals surface area (Å²) in [6, 6.07) is 6.25. The molecule has 0 amide bonds. The van der Waals surface area contributed by atoms with Crippen LogP contribution in [-0.2, 0) is 11.3 Å². The SMILES string of the molecule is COc1ccc(CNCC2(CN)COC2)cc1C. The molecule has 0 atom stereocenters. The van der Waals surface area contributed by atoms with Crippen molar-refractivity contribution in [2.75, 3.05) is 33.4 Å². The van der Waals surface area contributed by atoms with Crippen LogP contribution in [0.5, 0.6) is 5.75 Å². The van der Waals surface area contributed by atoms with Crippen LogP contribution in [0.1, 0.15) is 11.1 Å². The Labute approximate surface area is 108 Å². The lowest BCUT2D eigenvalue weighted by Gasteiger charge is -2.40. The summed E-state index contributed by atoms with van der Waals surface area (Å²) in [7, 11) is 1.70. The van der Waals surface area contributed by atoms with E-state index in [2.05, 4.69) is 24.4 Å². The molecule has 1 aromatic carbocycles. The summed E-state index contributed by atoms with van der Waals surface area (Å²) in [6.07, 6.45) is 0. The number of benzene rings is 1. The molecule has 100 valence electrons. The summed E-state index contributed by atoms with van der Waals surface area (Å²) in [6.45, 7) is 6.06. The molecular formula is C14H22N2O2. The first-order chi connectivity index (χ1) is 8.69. The highest BCUT2D eigenvalue weighted by Gasteiger charge is 2.36. The monoisotopic (exact) mass is 250 g/mol. The van der Waals surface area contributed by atoms with Crippen LogP contribution < -0.4 is 15.8 Å². The average molecular weight is 250 g/mol. The second-order valence-corrected chi connectivity index (χ2v) is 5.10. The van der Waals surface area contributed by atoms with Crippen molar-refractivity contribution in [3.05, 3.63) is 29.3 Å². The van der Waals surface area contributed by atoms with Crippen LogP contribution in [0.4, 0.5) is 0 Å². The van der Waals surface area contributed by atoms with Crippen molar-refractivity contribution in [2.24, 2.45) is 11.1 Å². The first-order valence-electron chi connectivity index (χ1n) is 6.31. The van der Waals surface area contributed by atoms with Gasteiger partial charge in [-0.2, -0.15) is 0 Å². The molecule has 1 saturated heterocycles. The van der Waals surface area contributed by atoms with Gasteiger partial charge in [0.1, 0.15) is 5.75 Å². The summed E-state index contributed by atoms with van der Waals surface area (Å²) in [5.74, 6) is 0.935. The maximum atomic E-state index is 5.77. The molecule has 4 heteroatoms. The van der Waals surface area contributed by atoms with Crippen molar-refractivity contribution in [1.29, 1.82) is 0 Å². The summed E-state index contributed by atoms with van der Waals surface area (Å²) in [5.41, 5.74) is 8.36. The second kappa shape index (κ2) is 5.69. The number of rotatable bonds is 6. The summed E-state index contributed by atoms with van der Waals surface area (Å²) in [5, 5.41) is 3.46. The molecule has 2 rings (SSSR count). The first-order valence-corrected chi connectivity index (χ1v) is 6.31. The number of nitrogens with two attached hydrogens (primary N) is 1. The Morgan fingerprint density at radius 1 is 1.44 bits per heavy atom. The predicted molar refractivity (Wildman–Crippen MR) is 71.7 cm³/mol. The second-order valence-electron chi connectivity index (χ2n) is 5.10. The third-order valence-corrected chi connectivity index (χ3v) is 3.54. The molecule has 0 aliphatic carbocycles. The smallest absolute Gasteiger partial charge is 0.121 e. The van der Waals surface area contributed by atoms with Crippen molar-refractivity contribution in [3.63, 3.8) is 0 Å². The zero-order valence-corrected chi connectivity index (χ0v) is 11.2. The lowest BCUT2D eigenvalue weighted by Crippen LogP contribution is -2.54. The fraction of sp³-hybridized carbons (Fsp3) is 0.571. The van der Waals surface area contributed by atoms with Gasteiger partial charge in [0.05, 0.1) is 20.3 Å². The minimum Gasteiger partial charge on any atom is -0.496 e. The molecule has 1 aromatic rings. The van der Waals surface area contributed by atoms with Crippen LogP contribution >= 0.6 is 0 Å². The Kier molecular flexibility index (Phi) is 4.22. The van der Waals surface area contributed by atoms with E-state index in [0.717, 1.165) is 37.6 Å². The van der Waals surface area contributed by atoms with Gasteiger partial charge in [-0.05, 0) is 24.1 Å². The molecule has 1 aliphatic rings. The van der Waals surface area contributed by atoms with E-state index in [0.29, 0.717) is 6.54 Å². The molecule has 0 radical (unpaired) electrons. The average Bonchev–Trinajstić information content (AvgIpc) is 2.33. The Bertz CT molecular complexity index is 397. The van der Waals surface area contributed by atoms with Gasteiger partial charge in [-0.3, -0.25) is 0 Å². The van der Waals surface area contributed by atoms with Gasteiger partial charge in [0, 0.05) is 25.0 Å². The van der Waals surface area contributed by atoms with E-state index in [1.54, 1.807) is 7.11 Å². The van der Waals surface area contributed by atoms with Crippen molar-refractivity contribution in [2.45, 2.75) is 13.5 Å². The van der Waals surface area contributed by atoms with E-state index in [4.69, 9.17) is 15.2 Å². The van der Waals surface area contributed by atoms with Gasteiger partial charge < -0.3 is 20.5 Å². The molecule has 1 aliphatic heterocycles. The molecule has 3 N–H and O–H groups in total. The van der Waals surface area contributed by atoms with Crippen molar-refractivity contribution < 1.29 is 9.47 Å². The van der Waals surface area contributed by atoms with Crippen LogP contribution in [0.2, 0.25) is 0 Å². The van der Waals surface area contributed by atoms with E-state index in [1.165, 1.54) is 5.56 Å². The number of hydrogen-bond acceptors (Lipinski definition) is 4. The van der Waals surface area contributed by atoms with Crippen molar-refractivity contribution >= 4 is 0 Å². The molecule has 18 heavy (non-hydrogen) atoms. The van der Waals surface area contributed by atoms with E-state index in [9.17, 15) is 0 Å². The Morgan fingerprint density at radius 3 is 2.72 bits per heavy atom. The summed E-state index contributed by atoms with van der Waals surface area (Å²) >= 11 is 0. The first kappa shape index (κ1) is 13.3. The lowest BCUT2D eigenvalue weighted by molar-refractivity contribution is -0.105. The largest absolute Gasteiger partial charge is 0.496 e. The summed E-state index contributed by atoms with van der Waals surface area (Å²) in [4.78, 5) is 0. The van der Waals surface area contributed by atoms with E-state index in [-0.39, 0.29) is 5.41 Å². The van der Waals surface area contributed by atoms with Crippen LogP contribution in [-0.4, -0.2) is 33.4 Å². The van der Waals surface area contributed by atoms with Crippen LogP contribution in [0, 0.1) is 12.3 Å². The van der Waals surface area contributed by atoms with Gasteiger partial charge in [0.2, 0.25) is 0 Å². The fourth-order valence-electron chi connectivity index (χ4n) is 2.21. The lowest BCUT2D eigenvalue weighted by atomic mass is 9.86. The normalized spacial score (nSPS) is 17.3. The van der Waals surface area contributed by atoms with Crippen LogP contribution in [0.25, 0.3) is 0 Å². The topological polar surface area (TPSA) is 56.5 Å². The van der Waals surface area contributed by atoms with Crippen LogP contribution in [0.15, 0.2) is 18.2 Å². The Morgan fingerprint density at radius 2 is 2.22 bits per heavy atom. The van der Waals surface area contributed by atoms with Crippen molar-refractivity contribution in [1.82, 2.24) is 5.32 Å². The van der Waals surface area contributed by atoms with Crippen LogP contribution in [0.3, 0.4) is 0 Å². The molecule has 0 aromatic heterocycles. The standard InChI is InChI=1S/C14H22N2O2/c1-11-5-12(3-4-13(11)17-2)6-16-8-14(7-15)9-18-10-14/h3-5,16H,6-10,15H2,1-2H3. The minimum absolute atomic E-state index is 0.154. The molecule has 1 fully saturated rings. The van der Waals surface area contributed by atoms with Gasteiger partial charge in [0.25, 0.3) is 0 Å². The maximum absolute atomic E-state index is 5.77. The van der Waals surface area contributed by atoms with Gasteiger partial charge in [-0.15, -0.1) is 0 Å². The quantitative estimate of drug-likeness (QED) is 0.793. The van der Waals surface area contributed by atoms with Crippen molar-refractivity contribution in [3.8, 4) is 5.75 Å². The Hall–Kier alpha value is -1.10. The van der Waals surface area contributed by atoms with E-state index < -0.39 is 0 Å². The zero-order chi connectivity index (χ0) is 13.0. The van der Waals surface area contributed by atoms with E-state index in [1.807, 2.05) is 6.07 Å². The molecule has 4 nitrogen and oxygen atoms in total. The molecule has 0 spiro atoms. The number of aryl methyl sites for hydroxylation is 1. The Balaban J connectivity index is 1.85. The third-order valence-electron chi connectivity index (χ3n) is 3.54. The molecule has 0 bridgehead atoms. The van der Waals surface area contributed by atoms with Gasteiger partial charge in [0.15, 0.2) is 0 Å². The number of ether oxygens (including phenoxy) is 2. The highest BCUT2D eigenvalue weighted by Crippen LogP contribution is 2.25. The third kappa shape index (κ3) is 2.83. The highest BCUT2D eigenvalue weighted by atomic mass is 16.5. The zero-order valence-electron chi connectivity index (χ0n) is 11.2. The van der Waals surface area contributed by atoms with Gasteiger partial charge in [-0.1, -0.05) is 12.1 Å². The van der Waals surface area contributed by atoms with Gasteiger partial charge in [-0.25, -0.2) is 0 Å². The predicted octanol–water partition coefficient (Wildman–Crippen LogP) is 1.07. The number of hydrogen-bond donors (Lipinski definition) is 2. The minimum atomic E-state index is 0.154. The molecular weight excluding hydrogens is 228 g/mol. The molecule has 0 saturated carbocycles. The number of methoxy groups -OCH3 is 1.